The topological polar surface area (TPSA) is 33.1 Å². The van der Waals surface area contributed by atoms with Crippen LogP contribution in [0.1, 0.15) is 55.8 Å². The summed E-state index contributed by atoms with van der Waals surface area (Å²) < 4.78 is 2.32. The number of anilines is 1. The summed E-state index contributed by atoms with van der Waals surface area (Å²) in [7, 11) is 0. The van der Waals surface area contributed by atoms with Crippen molar-refractivity contribution in [3.63, 3.8) is 0 Å². The van der Waals surface area contributed by atoms with Crippen LogP contribution < -0.4 is 10.2 Å². The van der Waals surface area contributed by atoms with Gasteiger partial charge < -0.3 is 14.8 Å². The number of pyridine rings is 1. The lowest BCUT2D eigenvalue weighted by atomic mass is 10.0. The lowest BCUT2D eigenvalue weighted by molar-refractivity contribution is 0.497. The lowest BCUT2D eigenvalue weighted by Gasteiger charge is -2.30. The van der Waals surface area contributed by atoms with Crippen molar-refractivity contribution in [2.45, 2.75) is 45.3 Å². The van der Waals surface area contributed by atoms with Gasteiger partial charge in [-0.3, -0.25) is 4.98 Å². The highest BCUT2D eigenvalue weighted by Gasteiger charge is 2.42. The second-order valence-corrected chi connectivity index (χ2v) is 7.84. The number of rotatable bonds is 5. The molecule has 4 nitrogen and oxygen atoms in total. The third-order valence-corrected chi connectivity index (χ3v) is 5.71. The van der Waals surface area contributed by atoms with Crippen molar-refractivity contribution >= 4 is 23.0 Å². The highest BCUT2D eigenvalue weighted by Crippen LogP contribution is 2.42. The summed E-state index contributed by atoms with van der Waals surface area (Å²) in [6.45, 7) is 6.59. The van der Waals surface area contributed by atoms with E-state index in [0.717, 1.165) is 22.9 Å². The molecule has 3 aromatic rings. The Bertz CT molecular complexity index is 946. The molecular formula is C23H26N4S. The number of aryl methyl sites for hydroxylation is 1. The zero-order valence-electron chi connectivity index (χ0n) is 16.5. The van der Waals surface area contributed by atoms with E-state index >= 15 is 0 Å². The molecule has 4 rings (SSSR count). The van der Waals surface area contributed by atoms with Crippen molar-refractivity contribution in [3.05, 3.63) is 83.9 Å². The maximum Gasteiger partial charge on any atom is 0.174 e. The van der Waals surface area contributed by atoms with Crippen molar-refractivity contribution in [3.8, 4) is 0 Å². The van der Waals surface area contributed by atoms with Crippen LogP contribution in [0, 0.1) is 0 Å². The molecule has 0 spiro atoms. The second kappa shape index (κ2) is 7.76. The second-order valence-electron chi connectivity index (χ2n) is 7.45. The zero-order chi connectivity index (χ0) is 19.7. The Morgan fingerprint density at radius 3 is 2.50 bits per heavy atom. The van der Waals surface area contributed by atoms with Crippen LogP contribution in [0.25, 0.3) is 0 Å². The summed E-state index contributed by atoms with van der Waals surface area (Å²) >= 11 is 5.80. The normalized spacial score (nSPS) is 19.3. The molecule has 1 aromatic carbocycles. The highest BCUT2D eigenvalue weighted by molar-refractivity contribution is 7.80. The quantitative estimate of drug-likeness (QED) is 0.607. The minimum atomic E-state index is -0.00745. The predicted octanol–water partition coefficient (Wildman–Crippen LogP) is 5.20. The summed E-state index contributed by atoms with van der Waals surface area (Å²) in [6, 6.07) is 19.5. The fraction of sp³-hybridized carbons (Fsp3) is 0.304. The van der Waals surface area contributed by atoms with Gasteiger partial charge >= 0.3 is 0 Å². The number of hydrogen-bond donors (Lipinski definition) is 1. The molecular weight excluding hydrogens is 364 g/mol. The van der Waals surface area contributed by atoms with Gasteiger partial charge in [0.1, 0.15) is 6.04 Å². The molecule has 28 heavy (non-hydrogen) atoms. The molecule has 0 amide bonds. The number of hydrogen-bond acceptors (Lipinski definition) is 2. The van der Waals surface area contributed by atoms with Gasteiger partial charge in [-0.25, -0.2) is 0 Å². The molecule has 5 heteroatoms. The van der Waals surface area contributed by atoms with Gasteiger partial charge in [0.05, 0.1) is 11.7 Å². The molecule has 0 aliphatic carbocycles. The number of aromatic nitrogens is 2. The lowest BCUT2D eigenvalue weighted by Crippen LogP contribution is -2.30. The maximum absolute atomic E-state index is 5.80. The first-order valence-electron chi connectivity index (χ1n) is 9.86. The van der Waals surface area contributed by atoms with E-state index in [1.807, 2.05) is 18.3 Å². The van der Waals surface area contributed by atoms with Crippen molar-refractivity contribution in [1.29, 1.82) is 0 Å². The van der Waals surface area contributed by atoms with E-state index in [-0.39, 0.29) is 12.1 Å². The fourth-order valence-corrected chi connectivity index (χ4v) is 4.30. The molecule has 1 aliphatic rings. The van der Waals surface area contributed by atoms with E-state index in [4.69, 9.17) is 12.2 Å². The zero-order valence-corrected chi connectivity index (χ0v) is 17.4. The largest absolute Gasteiger partial charge is 0.351 e. The Hall–Kier alpha value is -2.66. The van der Waals surface area contributed by atoms with E-state index in [0.29, 0.717) is 6.04 Å². The van der Waals surface area contributed by atoms with Crippen LogP contribution in [0.4, 0.5) is 5.69 Å². The van der Waals surface area contributed by atoms with Gasteiger partial charge in [-0.05, 0) is 74.4 Å². The molecule has 1 aliphatic heterocycles. The van der Waals surface area contributed by atoms with Crippen molar-refractivity contribution in [2.75, 3.05) is 4.90 Å². The third-order valence-electron chi connectivity index (χ3n) is 5.39. The molecule has 144 valence electrons. The van der Waals surface area contributed by atoms with Gasteiger partial charge in [-0.15, -0.1) is 0 Å². The van der Waals surface area contributed by atoms with Crippen LogP contribution >= 0.6 is 12.2 Å². The Morgan fingerprint density at radius 1 is 1.07 bits per heavy atom. The molecule has 3 heterocycles. The summed E-state index contributed by atoms with van der Waals surface area (Å²) in [5.41, 5.74) is 4.66. The summed E-state index contributed by atoms with van der Waals surface area (Å²) in [6.07, 6.45) is 5.02. The predicted molar refractivity (Wildman–Crippen MR) is 119 cm³/mol. The Kier molecular flexibility index (Phi) is 5.18. The average Bonchev–Trinajstić information content (AvgIpc) is 3.33. The van der Waals surface area contributed by atoms with E-state index < -0.39 is 0 Å². The summed E-state index contributed by atoms with van der Waals surface area (Å²) in [5, 5.41) is 4.27. The Labute approximate surface area is 172 Å². The minimum Gasteiger partial charge on any atom is -0.351 e. The van der Waals surface area contributed by atoms with Gasteiger partial charge in [-0.2, -0.15) is 0 Å². The molecule has 0 unspecified atom stereocenters. The molecule has 2 aromatic heterocycles. The fourth-order valence-electron chi connectivity index (χ4n) is 3.95. The smallest absolute Gasteiger partial charge is 0.174 e. The standard InChI is InChI=1S/C23H26N4S/c1-4-17-10-12-18(13-11-17)27-22(20-9-7-15-26(20)16(2)3)21(25-23(27)28)19-8-5-6-14-24-19/h5-16,21-22H,4H2,1-3H3,(H,25,28)/t21-,22+/m0/s1. The van der Waals surface area contributed by atoms with Crippen LogP contribution in [0.2, 0.25) is 0 Å². The number of nitrogens with one attached hydrogen (secondary N) is 1. The molecule has 1 N–H and O–H groups in total. The van der Waals surface area contributed by atoms with Crippen molar-refractivity contribution in [2.24, 2.45) is 0 Å². The monoisotopic (exact) mass is 390 g/mol. The molecule has 0 radical (unpaired) electrons. The van der Waals surface area contributed by atoms with Crippen LogP contribution in [-0.4, -0.2) is 14.7 Å². The van der Waals surface area contributed by atoms with Gasteiger partial charge in [0.15, 0.2) is 5.11 Å². The van der Waals surface area contributed by atoms with Gasteiger partial charge in [0.2, 0.25) is 0 Å². The van der Waals surface area contributed by atoms with Crippen LogP contribution in [0.3, 0.4) is 0 Å². The third kappa shape index (κ3) is 3.31. The first kappa shape index (κ1) is 18.7. The van der Waals surface area contributed by atoms with E-state index in [1.54, 1.807) is 0 Å². The Balaban J connectivity index is 1.83. The van der Waals surface area contributed by atoms with Gasteiger partial charge in [0, 0.05) is 29.8 Å². The van der Waals surface area contributed by atoms with Crippen LogP contribution in [0.5, 0.6) is 0 Å². The minimum absolute atomic E-state index is 0.00745. The van der Waals surface area contributed by atoms with Gasteiger partial charge in [0.25, 0.3) is 0 Å². The molecule has 1 fully saturated rings. The first-order chi connectivity index (χ1) is 13.6. The molecule has 0 saturated carbocycles. The van der Waals surface area contributed by atoms with Crippen molar-refractivity contribution < 1.29 is 0 Å². The maximum atomic E-state index is 5.80. The van der Waals surface area contributed by atoms with Crippen LogP contribution in [0.15, 0.2) is 67.0 Å². The van der Waals surface area contributed by atoms with E-state index in [1.165, 1.54) is 11.3 Å². The SMILES string of the molecule is CCc1ccc(N2C(=S)N[C@@H](c3ccccn3)[C@H]2c2cccn2C(C)C)cc1. The number of thiocarbonyl (C=S) groups is 1. The van der Waals surface area contributed by atoms with Gasteiger partial charge in [-0.1, -0.05) is 25.1 Å². The number of nitrogens with zero attached hydrogens (tertiary/aromatic N) is 3. The molecule has 1 saturated heterocycles. The van der Waals surface area contributed by atoms with E-state index in [9.17, 15) is 0 Å². The number of benzene rings is 1. The Morgan fingerprint density at radius 2 is 1.86 bits per heavy atom. The summed E-state index contributed by atoms with van der Waals surface area (Å²) in [5.74, 6) is 0. The average molecular weight is 391 g/mol. The first-order valence-corrected chi connectivity index (χ1v) is 10.3. The summed E-state index contributed by atoms with van der Waals surface area (Å²) in [4.78, 5) is 6.87. The molecule has 2 atom stereocenters. The van der Waals surface area contributed by atoms with E-state index in [2.05, 4.69) is 89.2 Å². The van der Waals surface area contributed by atoms with Crippen LogP contribution in [-0.2, 0) is 6.42 Å². The highest BCUT2D eigenvalue weighted by atomic mass is 32.1. The van der Waals surface area contributed by atoms with Crippen molar-refractivity contribution in [1.82, 2.24) is 14.9 Å². The molecule has 0 bridgehead atoms.